The van der Waals surface area contributed by atoms with E-state index in [2.05, 4.69) is 20.2 Å². The van der Waals surface area contributed by atoms with Crippen molar-refractivity contribution in [3.8, 4) is 0 Å². The zero-order chi connectivity index (χ0) is 15.2. The molecule has 1 atom stereocenters. The highest BCUT2D eigenvalue weighted by Gasteiger charge is 2.09. The number of hydrogen-bond donors (Lipinski definition) is 2. The lowest BCUT2D eigenvalue weighted by Gasteiger charge is -2.15. The van der Waals surface area contributed by atoms with E-state index in [0.717, 1.165) is 17.7 Å². The van der Waals surface area contributed by atoms with Gasteiger partial charge in [0.25, 0.3) is 0 Å². The first-order chi connectivity index (χ1) is 10.1. The number of rotatable bonds is 5. The number of aromatic nitrogens is 2. The van der Waals surface area contributed by atoms with E-state index in [9.17, 15) is 0 Å². The van der Waals surface area contributed by atoms with Crippen molar-refractivity contribution in [2.45, 2.75) is 19.4 Å². The standard InChI is InChI=1S/C13H14Cl2N4S2/c1-8(12-7-21-19-18-12)17-13(20)16-5-4-9-2-3-10(14)6-11(9)15/h2-3,6-8H,4-5H2,1H3,(H2,16,17,20). The third kappa shape index (κ3) is 5.07. The van der Waals surface area contributed by atoms with Crippen molar-refractivity contribution < 1.29 is 0 Å². The molecule has 112 valence electrons. The lowest BCUT2D eigenvalue weighted by atomic mass is 10.1. The van der Waals surface area contributed by atoms with Crippen LogP contribution in [0.5, 0.6) is 0 Å². The maximum absolute atomic E-state index is 6.12. The quantitative estimate of drug-likeness (QED) is 0.797. The van der Waals surface area contributed by atoms with Crippen LogP contribution in [0.1, 0.15) is 24.2 Å². The fourth-order valence-corrected chi connectivity index (χ4v) is 3.05. The summed E-state index contributed by atoms with van der Waals surface area (Å²) in [4.78, 5) is 0. The minimum Gasteiger partial charge on any atom is -0.362 e. The van der Waals surface area contributed by atoms with Crippen LogP contribution in [-0.4, -0.2) is 21.2 Å². The molecule has 0 amide bonds. The summed E-state index contributed by atoms with van der Waals surface area (Å²) in [6, 6.07) is 5.53. The molecular weight excluding hydrogens is 347 g/mol. The molecule has 1 aromatic carbocycles. The molecule has 0 radical (unpaired) electrons. The van der Waals surface area contributed by atoms with E-state index in [1.807, 2.05) is 24.4 Å². The van der Waals surface area contributed by atoms with Gasteiger partial charge in [0.05, 0.1) is 11.7 Å². The van der Waals surface area contributed by atoms with Crippen LogP contribution in [-0.2, 0) is 6.42 Å². The number of nitrogens with one attached hydrogen (secondary N) is 2. The van der Waals surface area contributed by atoms with E-state index in [0.29, 0.717) is 21.7 Å². The van der Waals surface area contributed by atoms with Gasteiger partial charge in [-0.25, -0.2) is 0 Å². The van der Waals surface area contributed by atoms with Crippen molar-refractivity contribution >= 4 is 52.1 Å². The zero-order valence-electron chi connectivity index (χ0n) is 11.3. The smallest absolute Gasteiger partial charge is 0.166 e. The van der Waals surface area contributed by atoms with Gasteiger partial charge in [0.15, 0.2) is 5.11 Å². The maximum Gasteiger partial charge on any atom is 0.166 e. The minimum absolute atomic E-state index is 0.0304. The highest BCUT2D eigenvalue weighted by molar-refractivity contribution is 7.80. The molecule has 2 N–H and O–H groups in total. The van der Waals surface area contributed by atoms with E-state index in [1.54, 1.807) is 6.07 Å². The molecule has 21 heavy (non-hydrogen) atoms. The minimum atomic E-state index is 0.0304. The van der Waals surface area contributed by atoms with Gasteiger partial charge in [0.1, 0.15) is 0 Å². The topological polar surface area (TPSA) is 49.8 Å². The van der Waals surface area contributed by atoms with Gasteiger partial charge in [-0.2, -0.15) is 0 Å². The van der Waals surface area contributed by atoms with Crippen molar-refractivity contribution in [3.05, 3.63) is 44.9 Å². The Morgan fingerprint density at radius 1 is 1.43 bits per heavy atom. The number of halogens is 2. The Bertz CT molecular complexity index is 604. The lowest BCUT2D eigenvalue weighted by Crippen LogP contribution is -2.37. The van der Waals surface area contributed by atoms with Crippen LogP contribution in [0.4, 0.5) is 0 Å². The Morgan fingerprint density at radius 3 is 2.90 bits per heavy atom. The monoisotopic (exact) mass is 360 g/mol. The molecule has 0 spiro atoms. The van der Waals surface area contributed by atoms with Gasteiger partial charge in [-0.1, -0.05) is 33.8 Å². The molecule has 0 aliphatic heterocycles. The Labute approximate surface area is 143 Å². The molecule has 0 saturated heterocycles. The third-order valence-electron chi connectivity index (χ3n) is 2.86. The van der Waals surface area contributed by atoms with Gasteiger partial charge in [-0.3, -0.25) is 0 Å². The average Bonchev–Trinajstić information content (AvgIpc) is 2.95. The van der Waals surface area contributed by atoms with Crippen molar-refractivity contribution in [2.75, 3.05) is 6.54 Å². The second-order valence-corrected chi connectivity index (χ2v) is 6.30. The van der Waals surface area contributed by atoms with Crippen molar-refractivity contribution in [3.63, 3.8) is 0 Å². The first-order valence-electron chi connectivity index (χ1n) is 6.31. The fraction of sp³-hybridized carbons (Fsp3) is 0.308. The Morgan fingerprint density at radius 2 is 2.24 bits per heavy atom. The molecule has 2 rings (SSSR count). The van der Waals surface area contributed by atoms with Crippen LogP contribution in [0.15, 0.2) is 23.6 Å². The Kier molecular flexibility index (Phi) is 6.17. The maximum atomic E-state index is 6.12. The van der Waals surface area contributed by atoms with E-state index in [-0.39, 0.29) is 6.04 Å². The van der Waals surface area contributed by atoms with Crippen LogP contribution in [0.25, 0.3) is 0 Å². The molecule has 1 heterocycles. The van der Waals surface area contributed by atoms with Gasteiger partial charge in [-0.05, 0) is 54.8 Å². The van der Waals surface area contributed by atoms with Gasteiger partial charge in [0.2, 0.25) is 0 Å². The van der Waals surface area contributed by atoms with Gasteiger partial charge >= 0.3 is 0 Å². The third-order valence-corrected chi connectivity index (χ3v) is 4.24. The van der Waals surface area contributed by atoms with Crippen LogP contribution in [0.2, 0.25) is 10.0 Å². The molecule has 8 heteroatoms. The van der Waals surface area contributed by atoms with Gasteiger partial charge < -0.3 is 10.6 Å². The molecule has 4 nitrogen and oxygen atoms in total. The van der Waals surface area contributed by atoms with Gasteiger partial charge in [-0.15, -0.1) is 5.10 Å². The summed E-state index contributed by atoms with van der Waals surface area (Å²) in [6.45, 7) is 2.68. The lowest BCUT2D eigenvalue weighted by molar-refractivity contribution is 0.672. The largest absolute Gasteiger partial charge is 0.362 e. The number of benzene rings is 1. The van der Waals surface area contributed by atoms with Gasteiger partial charge in [0, 0.05) is 22.0 Å². The Hall–Kier alpha value is -0.950. The van der Waals surface area contributed by atoms with E-state index < -0.39 is 0 Å². The van der Waals surface area contributed by atoms with Crippen LogP contribution < -0.4 is 10.6 Å². The normalized spacial score (nSPS) is 12.0. The molecule has 1 unspecified atom stereocenters. The van der Waals surface area contributed by atoms with Crippen LogP contribution in [0, 0.1) is 0 Å². The highest BCUT2D eigenvalue weighted by Crippen LogP contribution is 2.21. The molecule has 0 aliphatic rings. The van der Waals surface area contributed by atoms with E-state index in [1.165, 1.54) is 11.5 Å². The van der Waals surface area contributed by atoms with E-state index >= 15 is 0 Å². The van der Waals surface area contributed by atoms with Crippen LogP contribution in [0.3, 0.4) is 0 Å². The molecule has 0 fully saturated rings. The van der Waals surface area contributed by atoms with Crippen molar-refractivity contribution in [1.82, 2.24) is 20.2 Å². The summed E-state index contributed by atoms with van der Waals surface area (Å²) in [5.74, 6) is 0. The van der Waals surface area contributed by atoms with Crippen molar-refractivity contribution in [2.24, 2.45) is 0 Å². The second kappa shape index (κ2) is 7.89. The SMILES string of the molecule is CC(NC(=S)NCCc1ccc(Cl)cc1Cl)c1csnn1. The fourth-order valence-electron chi connectivity index (χ4n) is 1.72. The summed E-state index contributed by atoms with van der Waals surface area (Å²) in [5, 5.41) is 14.1. The van der Waals surface area contributed by atoms with E-state index in [4.69, 9.17) is 35.4 Å². The summed E-state index contributed by atoms with van der Waals surface area (Å²) in [5.41, 5.74) is 1.91. The predicted octanol–water partition coefficient (Wildman–Crippen LogP) is 3.61. The number of thiocarbonyl (C=S) groups is 1. The molecule has 1 aromatic heterocycles. The first-order valence-corrected chi connectivity index (χ1v) is 8.31. The molecule has 0 aliphatic carbocycles. The average molecular weight is 361 g/mol. The predicted molar refractivity (Wildman–Crippen MR) is 92.2 cm³/mol. The first kappa shape index (κ1) is 16.4. The molecule has 0 saturated carbocycles. The highest BCUT2D eigenvalue weighted by atomic mass is 35.5. The van der Waals surface area contributed by atoms with Crippen molar-refractivity contribution in [1.29, 1.82) is 0 Å². The molecular formula is C13H14Cl2N4S2. The summed E-state index contributed by atoms with van der Waals surface area (Å²) in [6.07, 6.45) is 0.768. The van der Waals surface area contributed by atoms with Crippen LogP contribution >= 0.6 is 47.0 Å². The summed E-state index contributed by atoms with van der Waals surface area (Å²) < 4.78 is 3.83. The molecule has 0 bridgehead atoms. The summed E-state index contributed by atoms with van der Waals surface area (Å²) in [7, 11) is 0. The second-order valence-electron chi connectivity index (χ2n) is 4.44. The number of hydrogen-bond acceptors (Lipinski definition) is 4. The summed E-state index contributed by atoms with van der Waals surface area (Å²) >= 11 is 18.6. The Balaban J connectivity index is 1.76. The number of nitrogens with zero attached hydrogens (tertiary/aromatic N) is 2. The molecule has 2 aromatic rings. The zero-order valence-corrected chi connectivity index (χ0v) is 14.4.